The molecule has 2 aromatic rings. The Morgan fingerprint density at radius 3 is 2.72 bits per heavy atom. The highest BCUT2D eigenvalue weighted by atomic mass is 32.1. The number of thiophene rings is 1. The standard InChI is InChI=1S/C18H22N2O4S/c1-23-15-4-2-5-16(12-15)24-10-9-19-17(21)6-3-8-20-18(22)14-7-11-25-13-14/h2,4-5,7,11-13H,3,6,8-10H2,1H3,(H,19,21)(H,20,22). The van der Waals surface area contributed by atoms with Crippen molar-refractivity contribution in [3.05, 3.63) is 46.7 Å². The summed E-state index contributed by atoms with van der Waals surface area (Å²) in [6.07, 6.45) is 0.960. The molecular weight excluding hydrogens is 340 g/mol. The second-order valence-electron chi connectivity index (χ2n) is 5.25. The zero-order valence-electron chi connectivity index (χ0n) is 14.1. The summed E-state index contributed by atoms with van der Waals surface area (Å²) in [5.41, 5.74) is 0.657. The molecule has 1 heterocycles. The number of methoxy groups -OCH3 is 1. The van der Waals surface area contributed by atoms with E-state index in [-0.39, 0.29) is 11.8 Å². The third-order valence-corrected chi connectivity index (χ3v) is 4.07. The van der Waals surface area contributed by atoms with Crippen LogP contribution < -0.4 is 20.1 Å². The molecule has 2 rings (SSSR count). The van der Waals surface area contributed by atoms with Crippen LogP contribution in [0.25, 0.3) is 0 Å². The van der Waals surface area contributed by atoms with Crippen molar-refractivity contribution in [2.45, 2.75) is 12.8 Å². The molecule has 0 aliphatic rings. The quantitative estimate of drug-likeness (QED) is 0.637. The molecule has 0 saturated heterocycles. The summed E-state index contributed by atoms with van der Waals surface area (Å²) in [4.78, 5) is 23.4. The van der Waals surface area contributed by atoms with E-state index in [1.807, 2.05) is 23.6 Å². The van der Waals surface area contributed by atoms with E-state index in [4.69, 9.17) is 9.47 Å². The minimum absolute atomic E-state index is 0.0565. The molecule has 7 heteroatoms. The molecule has 134 valence electrons. The van der Waals surface area contributed by atoms with Gasteiger partial charge >= 0.3 is 0 Å². The van der Waals surface area contributed by atoms with Crippen molar-refractivity contribution < 1.29 is 19.1 Å². The molecule has 0 saturated carbocycles. The maximum atomic E-state index is 11.7. The van der Waals surface area contributed by atoms with E-state index in [0.717, 1.165) is 5.75 Å². The van der Waals surface area contributed by atoms with Gasteiger partial charge in [0, 0.05) is 30.0 Å². The van der Waals surface area contributed by atoms with Crippen molar-refractivity contribution in [3.63, 3.8) is 0 Å². The van der Waals surface area contributed by atoms with Crippen LogP contribution in [0.4, 0.5) is 0 Å². The van der Waals surface area contributed by atoms with Crippen molar-refractivity contribution in [2.24, 2.45) is 0 Å². The van der Waals surface area contributed by atoms with Crippen LogP contribution in [-0.4, -0.2) is 38.6 Å². The summed E-state index contributed by atoms with van der Waals surface area (Å²) in [5.74, 6) is 1.27. The highest BCUT2D eigenvalue weighted by Crippen LogP contribution is 2.18. The third-order valence-electron chi connectivity index (χ3n) is 3.38. The van der Waals surface area contributed by atoms with E-state index in [2.05, 4.69) is 10.6 Å². The summed E-state index contributed by atoms with van der Waals surface area (Å²) in [7, 11) is 1.60. The number of carbonyl (C=O) groups excluding carboxylic acids is 2. The van der Waals surface area contributed by atoms with Crippen molar-refractivity contribution in [1.82, 2.24) is 10.6 Å². The molecule has 2 amide bonds. The Hall–Kier alpha value is -2.54. The van der Waals surface area contributed by atoms with Gasteiger partial charge in [0.1, 0.15) is 18.1 Å². The number of rotatable bonds is 10. The Bertz CT molecular complexity index is 673. The van der Waals surface area contributed by atoms with E-state index in [1.54, 1.807) is 24.6 Å². The summed E-state index contributed by atoms with van der Waals surface area (Å²) < 4.78 is 10.7. The molecular formula is C18H22N2O4S. The average Bonchev–Trinajstić information content (AvgIpc) is 3.17. The van der Waals surface area contributed by atoms with E-state index in [0.29, 0.717) is 43.9 Å². The Labute approximate surface area is 151 Å². The van der Waals surface area contributed by atoms with Crippen LogP contribution in [0.3, 0.4) is 0 Å². The zero-order valence-corrected chi connectivity index (χ0v) is 14.9. The summed E-state index contributed by atoms with van der Waals surface area (Å²) in [6.45, 7) is 1.29. The van der Waals surface area contributed by atoms with E-state index >= 15 is 0 Å². The number of ether oxygens (including phenoxy) is 2. The van der Waals surface area contributed by atoms with Crippen LogP contribution in [0.1, 0.15) is 23.2 Å². The molecule has 0 bridgehead atoms. The van der Waals surface area contributed by atoms with Gasteiger partial charge in [-0.25, -0.2) is 0 Å². The van der Waals surface area contributed by atoms with Gasteiger partial charge in [-0.2, -0.15) is 11.3 Å². The van der Waals surface area contributed by atoms with Gasteiger partial charge < -0.3 is 20.1 Å². The fourth-order valence-electron chi connectivity index (χ4n) is 2.09. The van der Waals surface area contributed by atoms with Gasteiger partial charge in [0.25, 0.3) is 5.91 Å². The maximum Gasteiger partial charge on any atom is 0.252 e. The third kappa shape index (κ3) is 6.84. The molecule has 0 unspecified atom stereocenters. The number of benzene rings is 1. The fourth-order valence-corrected chi connectivity index (χ4v) is 2.72. The Balaban J connectivity index is 1.53. The first kappa shape index (κ1) is 18.8. The van der Waals surface area contributed by atoms with Crippen molar-refractivity contribution in [1.29, 1.82) is 0 Å². The summed E-state index contributed by atoms with van der Waals surface area (Å²) in [6, 6.07) is 9.08. The first-order chi connectivity index (χ1) is 12.2. The Kier molecular flexibility index (Phi) is 7.78. The second-order valence-corrected chi connectivity index (χ2v) is 6.03. The van der Waals surface area contributed by atoms with Gasteiger partial charge in [-0.1, -0.05) is 6.07 Å². The van der Waals surface area contributed by atoms with Crippen LogP contribution in [0, 0.1) is 0 Å². The van der Waals surface area contributed by atoms with Gasteiger partial charge in [-0.05, 0) is 30.0 Å². The van der Waals surface area contributed by atoms with Crippen LogP contribution in [-0.2, 0) is 4.79 Å². The van der Waals surface area contributed by atoms with Gasteiger partial charge in [-0.3, -0.25) is 9.59 Å². The lowest BCUT2D eigenvalue weighted by molar-refractivity contribution is -0.121. The molecule has 1 aromatic heterocycles. The number of amides is 2. The summed E-state index contributed by atoms with van der Waals surface area (Å²) in [5, 5.41) is 9.24. The minimum atomic E-state index is -0.103. The number of hydrogen-bond donors (Lipinski definition) is 2. The number of hydrogen-bond acceptors (Lipinski definition) is 5. The predicted octanol–water partition coefficient (Wildman–Crippen LogP) is 2.46. The maximum absolute atomic E-state index is 11.7. The fraction of sp³-hybridized carbons (Fsp3) is 0.333. The molecule has 0 spiro atoms. The first-order valence-electron chi connectivity index (χ1n) is 8.03. The van der Waals surface area contributed by atoms with Crippen molar-refractivity contribution in [2.75, 3.05) is 26.8 Å². The minimum Gasteiger partial charge on any atom is -0.497 e. The zero-order chi connectivity index (χ0) is 17.9. The van der Waals surface area contributed by atoms with Gasteiger partial charge in [0.2, 0.25) is 5.91 Å². The van der Waals surface area contributed by atoms with E-state index < -0.39 is 0 Å². The Morgan fingerprint density at radius 2 is 1.96 bits per heavy atom. The highest BCUT2D eigenvalue weighted by Gasteiger charge is 2.06. The monoisotopic (exact) mass is 362 g/mol. The smallest absolute Gasteiger partial charge is 0.252 e. The number of nitrogens with one attached hydrogen (secondary N) is 2. The highest BCUT2D eigenvalue weighted by molar-refractivity contribution is 7.08. The SMILES string of the molecule is COc1cccc(OCCNC(=O)CCCNC(=O)c2ccsc2)c1. The lowest BCUT2D eigenvalue weighted by atomic mass is 10.2. The molecule has 25 heavy (non-hydrogen) atoms. The second kappa shape index (κ2) is 10.4. The van der Waals surface area contributed by atoms with Gasteiger partial charge in [0.15, 0.2) is 0 Å². The van der Waals surface area contributed by atoms with Crippen LogP contribution in [0.2, 0.25) is 0 Å². The molecule has 2 N–H and O–H groups in total. The van der Waals surface area contributed by atoms with E-state index in [9.17, 15) is 9.59 Å². The van der Waals surface area contributed by atoms with Gasteiger partial charge in [0.05, 0.1) is 13.7 Å². The number of carbonyl (C=O) groups is 2. The van der Waals surface area contributed by atoms with Crippen LogP contribution in [0.15, 0.2) is 41.1 Å². The topological polar surface area (TPSA) is 76.7 Å². The first-order valence-corrected chi connectivity index (χ1v) is 8.97. The molecule has 6 nitrogen and oxygen atoms in total. The molecule has 0 atom stereocenters. The van der Waals surface area contributed by atoms with E-state index in [1.165, 1.54) is 11.3 Å². The summed E-state index contributed by atoms with van der Waals surface area (Å²) >= 11 is 1.48. The van der Waals surface area contributed by atoms with Gasteiger partial charge in [-0.15, -0.1) is 0 Å². The molecule has 0 aliphatic heterocycles. The van der Waals surface area contributed by atoms with Crippen molar-refractivity contribution in [3.8, 4) is 11.5 Å². The van der Waals surface area contributed by atoms with Crippen molar-refractivity contribution >= 4 is 23.2 Å². The average molecular weight is 362 g/mol. The van der Waals surface area contributed by atoms with Crippen LogP contribution in [0.5, 0.6) is 11.5 Å². The molecule has 1 aromatic carbocycles. The molecule has 0 fully saturated rings. The lowest BCUT2D eigenvalue weighted by Gasteiger charge is -2.09. The Morgan fingerprint density at radius 1 is 1.12 bits per heavy atom. The van der Waals surface area contributed by atoms with Crippen LogP contribution >= 0.6 is 11.3 Å². The largest absolute Gasteiger partial charge is 0.497 e. The molecule has 0 aliphatic carbocycles. The predicted molar refractivity (Wildman–Crippen MR) is 97.4 cm³/mol. The normalized spacial score (nSPS) is 10.1. The molecule has 0 radical (unpaired) electrons. The lowest BCUT2D eigenvalue weighted by Crippen LogP contribution is -2.29.